The number of aryl methyl sites for hydroxylation is 1. The average Bonchev–Trinajstić information content (AvgIpc) is 2.92. The van der Waals surface area contributed by atoms with Gasteiger partial charge in [-0.1, -0.05) is 26.0 Å². The van der Waals surface area contributed by atoms with Gasteiger partial charge in [0, 0.05) is 4.90 Å². The molecule has 1 atom stereocenters. The van der Waals surface area contributed by atoms with Crippen LogP contribution in [0.2, 0.25) is 0 Å². The van der Waals surface area contributed by atoms with E-state index in [0.29, 0.717) is 0 Å². The molecular formula is C15H17NS. The van der Waals surface area contributed by atoms with Gasteiger partial charge in [-0.2, -0.15) is 5.26 Å². The van der Waals surface area contributed by atoms with Gasteiger partial charge in [0.25, 0.3) is 0 Å². The Morgan fingerprint density at radius 3 is 2.76 bits per heavy atom. The highest BCUT2D eigenvalue weighted by Gasteiger charge is 2.63. The maximum atomic E-state index is 9.49. The number of fused-ring (bicyclic) bond motifs is 1. The van der Waals surface area contributed by atoms with E-state index in [1.807, 2.05) is 11.8 Å². The van der Waals surface area contributed by atoms with E-state index in [0.717, 1.165) is 6.42 Å². The van der Waals surface area contributed by atoms with E-state index in [4.69, 9.17) is 0 Å². The van der Waals surface area contributed by atoms with Crippen molar-refractivity contribution in [2.45, 2.75) is 43.4 Å². The van der Waals surface area contributed by atoms with Crippen LogP contribution in [0.5, 0.6) is 0 Å². The molecule has 17 heavy (non-hydrogen) atoms. The van der Waals surface area contributed by atoms with E-state index >= 15 is 0 Å². The van der Waals surface area contributed by atoms with Crippen LogP contribution in [0.15, 0.2) is 23.1 Å². The molecule has 1 unspecified atom stereocenters. The molecular weight excluding hydrogens is 226 g/mol. The largest absolute Gasteiger partial charge is 0.197 e. The summed E-state index contributed by atoms with van der Waals surface area (Å²) in [6.45, 7) is 4.40. The number of hydrogen-bond donors (Lipinski definition) is 0. The normalized spacial score (nSPS) is 29.2. The van der Waals surface area contributed by atoms with E-state index in [-0.39, 0.29) is 10.8 Å². The summed E-state index contributed by atoms with van der Waals surface area (Å²) in [4.78, 5) is 1.42. The summed E-state index contributed by atoms with van der Waals surface area (Å²) in [6, 6.07) is 9.25. The van der Waals surface area contributed by atoms with Crippen LogP contribution in [0.1, 0.15) is 37.8 Å². The highest BCUT2D eigenvalue weighted by molar-refractivity contribution is 7.99. The van der Waals surface area contributed by atoms with E-state index < -0.39 is 0 Å². The summed E-state index contributed by atoms with van der Waals surface area (Å²) < 4.78 is 0. The molecule has 2 aliphatic rings. The fraction of sp³-hybridized carbons (Fsp3) is 0.533. The van der Waals surface area contributed by atoms with Gasteiger partial charge in [0.2, 0.25) is 0 Å². The minimum atomic E-state index is -0.218. The van der Waals surface area contributed by atoms with Crippen molar-refractivity contribution < 1.29 is 0 Å². The van der Waals surface area contributed by atoms with Crippen LogP contribution in [-0.4, -0.2) is 5.75 Å². The molecule has 1 aliphatic heterocycles. The third-order valence-corrected chi connectivity index (χ3v) is 5.53. The van der Waals surface area contributed by atoms with E-state index in [2.05, 4.69) is 38.1 Å². The zero-order valence-electron chi connectivity index (χ0n) is 10.4. The van der Waals surface area contributed by atoms with Gasteiger partial charge in [0.15, 0.2) is 0 Å². The Morgan fingerprint density at radius 2 is 2.12 bits per heavy atom. The molecule has 2 heteroatoms. The first kappa shape index (κ1) is 11.2. The molecule has 88 valence electrons. The molecule has 1 nitrogen and oxygen atoms in total. The molecule has 1 aromatic rings. The summed E-state index contributed by atoms with van der Waals surface area (Å²) in [5.74, 6) is 1.24. The van der Waals surface area contributed by atoms with E-state index in [1.165, 1.54) is 34.6 Å². The molecule has 0 aromatic heterocycles. The summed E-state index contributed by atoms with van der Waals surface area (Å²) in [6.07, 6.45) is 3.45. The van der Waals surface area contributed by atoms with Crippen molar-refractivity contribution in [3.63, 3.8) is 0 Å². The van der Waals surface area contributed by atoms with Crippen molar-refractivity contribution >= 4 is 11.8 Å². The van der Waals surface area contributed by atoms with Gasteiger partial charge in [0.1, 0.15) is 0 Å². The first-order valence-corrected chi connectivity index (χ1v) is 7.25. The van der Waals surface area contributed by atoms with Crippen LogP contribution < -0.4 is 0 Å². The standard InChI is InChI=1S/C15H17NS/c1-14(2)9-15(14,10-16)12-5-6-13-11(8-12)4-3-7-17-13/h5-6,8H,3-4,7,9H2,1-2H3. The number of rotatable bonds is 1. The number of nitriles is 1. The first-order valence-electron chi connectivity index (χ1n) is 6.27. The summed E-state index contributed by atoms with van der Waals surface area (Å²) >= 11 is 1.95. The Hall–Kier alpha value is -0.940. The van der Waals surface area contributed by atoms with Crippen molar-refractivity contribution in [2.75, 3.05) is 5.75 Å². The highest BCUT2D eigenvalue weighted by atomic mass is 32.2. The second-order valence-corrected chi connectivity index (χ2v) is 6.99. The predicted octanol–water partition coefficient (Wildman–Crippen LogP) is 3.92. The number of hydrogen-bond acceptors (Lipinski definition) is 2. The lowest BCUT2D eigenvalue weighted by molar-refractivity contribution is 0.569. The number of benzene rings is 1. The predicted molar refractivity (Wildman–Crippen MR) is 71.2 cm³/mol. The van der Waals surface area contributed by atoms with Gasteiger partial charge < -0.3 is 0 Å². The minimum absolute atomic E-state index is 0.151. The first-order chi connectivity index (χ1) is 8.09. The second kappa shape index (κ2) is 3.53. The quantitative estimate of drug-likeness (QED) is 0.746. The fourth-order valence-corrected chi connectivity index (χ4v) is 4.01. The van der Waals surface area contributed by atoms with Gasteiger partial charge >= 0.3 is 0 Å². The molecule has 0 bridgehead atoms. The molecule has 3 rings (SSSR count). The molecule has 1 heterocycles. The van der Waals surface area contributed by atoms with Crippen LogP contribution >= 0.6 is 11.8 Å². The van der Waals surface area contributed by atoms with Crippen LogP contribution in [0.25, 0.3) is 0 Å². The summed E-state index contributed by atoms with van der Waals surface area (Å²) in [5, 5.41) is 9.49. The third-order valence-electron chi connectivity index (χ3n) is 4.33. The summed E-state index contributed by atoms with van der Waals surface area (Å²) in [5.41, 5.74) is 2.63. The van der Waals surface area contributed by atoms with E-state index in [9.17, 15) is 5.26 Å². The Kier molecular flexibility index (Phi) is 2.32. The lowest BCUT2D eigenvalue weighted by Gasteiger charge is -2.19. The topological polar surface area (TPSA) is 23.8 Å². The lowest BCUT2D eigenvalue weighted by Crippen LogP contribution is -2.12. The lowest BCUT2D eigenvalue weighted by atomic mass is 9.88. The zero-order chi connectivity index (χ0) is 12.1. The van der Waals surface area contributed by atoms with Crippen LogP contribution in [0.4, 0.5) is 0 Å². The molecule has 1 fully saturated rings. The summed E-state index contributed by atoms with van der Waals surface area (Å²) in [7, 11) is 0. The van der Waals surface area contributed by atoms with Gasteiger partial charge in [-0.05, 0) is 47.6 Å². The maximum absolute atomic E-state index is 9.49. The smallest absolute Gasteiger partial charge is 0.0879 e. The van der Waals surface area contributed by atoms with Gasteiger partial charge in [-0.25, -0.2) is 0 Å². The molecule has 0 radical (unpaired) electrons. The van der Waals surface area contributed by atoms with Crippen molar-refractivity contribution in [1.29, 1.82) is 5.26 Å². The van der Waals surface area contributed by atoms with Crippen molar-refractivity contribution in [3.05, 3.63) is 29.3 Å². The monoisotopic (exact) mass is 243 g/mol. The Morgan fingerprint density at radius 1 is 1.35 bits per heavy atom. The minimum Gasteiger partial charge on any atom is -0.197 e. The molecule has 0 N–H and O–H groups in total. The molecule has 0 spiro atoms. The van der Waals surface area contributed by atoms with Crippen LogP contribution in [0.3, 0.4) is 0 Å². The van der Waals surface area contributed by atoms with Gasteiger partial charge in [-0.3, -0.25) is 0 Å². The van der Waals surface area contributed by atoms with E-state index in [1.54, 1.807) is 0 Å². The molecule has 1 aliphatic carbocycles. The van der Waals surface area contributed by atoms with Crippen molar-refractivity contribution in [3.8, 4) is 6.07 Å². The third kappa shape index (κ3) is 1.52. The Bertz CT molecular complexity index is 512. The Balaban J connectivity index is 2.03. The van der Waals surface area contributed by atoms with Crippen LogP contribution in [0, 0.1) is 16.7 Å². The Labute approximate surface area is 107 Å². The maximum Gasteiger partial charge on any atom is 0.0879 e. The molecule has 1 aromatic carbocycles. The highest BCUT2D eigenvalue weighted by Crippen LogP contribution is 2.64. The fourth-order valence-electron chi connectivity index (χ4n) is 2.99. The average molecular weight is 243 g/mol. The number of nitrogens with zero attached hydrogens (tertiary/aromatic N) is 1. The van der Waals surface area contributed by atoms with Gasteiger partial charge in [-0.15, -0.1) is 11.8 Å². The van der Waals surface area contributed by atoms with Crippen molar-refractivity contribution in [1.82, 2.24) is 0 Å². The van der Waals surface area contributed by atoms with Crippen LogP contribution in [-0.2, 0) is 11.8 Å². The number of thioether (sulfide) groups is 1. The molecule has 0 saturated heterocycles. The van der Waals surface area contributed by atoms with Crippen molar-refractivity contribution in [2.24, 2.45) is 5.41 Å². The van der Waals surface area contributed by atoms with Gasteiger partial charge in [0.05, 0.1) is 11.5 Å². The zero-order valence-corrected chi connectivity index (χ0v) is 11.2. The molecule has 1 saturated carbocycles. The molecule has 0 amide bonds. The second-order valence-electron chi connectivity index (χ2n) is 5.85. The SMILES string of the molecule is CC1(C)CC1(C#N)c1ccc2c(c1)CCCS2.